The van der Waals surface area contributed by atoms with Crippen molar-refractivity contribution in [3.05, 3.63) is 0 Å². The van der Waals surface area contributed by atoms with E-state index >= 15 is 0 Å². The first-order valence-electron chi connectivity index (χ1n) is 4.95. The van der Waals surface area contributed by atoms with Gasteiger partial charge in [-0.3, -0.25) is 0 Å². The third-order valence-electron chi connectivity index (χ3n) is 2.43. The predicted octanol–water partition coefficient (Wildman–Crippen LogP) is 0.184. The van der Waals surface area contributed by atoms with Crippen molar-refractivity contribution in [2.24, 2.45) is 10.7 Å². The molecule has 0 aromatic rings. The van der Waals surface area contributed by atoms with E-state index < -0.39 is 0 Å². The van der Waals surface area contributed by atoms with Crippen molar-refractivity contribution in [3.8, 4) is 0 Å². The molecule has 0 bridgehead atoms. The molecule has 4 heteroatoms. The van der Waals surface area contributed by atoms with Crippen LogP contribution in [0.2, 0.25) is 0 Å². The highest BCUT2D eigenvalue weighted by molar-refractivity contribution is 5.78. The molecule has 0 radical (unpaired) electrons. The molecule has 1 atom stereocenters. The molecule has 1 saturated carbocycles. The fraction of sp³-hybridized carbons (Fsp3) is 0.889. The lowest BCUT2D eigenvalue weighted by molar-refractivity contribution is 0.00528. The molecule has 2 aliphatic rings. The van der Waals surface area contributed by atoms with Gasteiger partial charge < -0.3 is 15.4 Å². The van der Waals surface area contributed by atoms with Crippen LogP contribution in [0.4, 0.5) is 0 Å². The Labute approximate surface area is 78.8 Å². The van der Waals surface area contributed by atoms with E-state index in [4.69, 9.17) is 10.5 Å². The van der Waals surface area contributed by atoms with E-state index in [1.807, 2.05) is 0 Å². The van der Waals surface area contributed by atoms with Crippen LogP contribution < -0.4 is 5.73 Å². The smallest absolute Gasteiger partial charge is 0.191 e. The number of nitrogens with zero attached hydrogens (tertiary/aromatic N) is 2. The van der Waals surface area contributed by atoms with Gasteiger partial charge in [-0.1, -0.05) is 0 Å². The average Bonchev–Trinajstić information content (AvgIpc) is 2.88. The summed E-state index contributed by atoms with van der Waals surface area (Å²) in [5.74, 6) is 0.706. The lowest BCUT2D eigenvalue weighted by atomic mass is 10.3. The van der Waals surface area contributed by atoms with Crippen LogP contribution in [0.3, 0.4) is 0 Å². The number of guanidine groups is 1. The molecule has 2 fully saturated rings. The first-order chi connectivity index (χ1) is 6.25. The van der Waals surface area contributed by atoms with E-state index in [1.54, 1.807) is 0 Å². The van der Waals surface area contributed by atoms with E-state index in [0.29, 0.717) is 12.0 Å². The molecule has 2 N–H and O–H groups in total. The van der Waals surface area contributed by atoms with Gasteiger partial charge in [0.05, 0.1) is 18.8 Å². The van der Waals surface area contributed by atoms with Gasteiger partial charge >= 0.3 is 0 Å². The van der Waals surface area contributed by atoms with Crippen molar-refractivity contribution >= 4 is 5.96 Å². The molecule has 1 heterocycles. The van der Waals surface area contributed by atoms with Crippen LogP contribution in [0, 0.1) is 0 Å². The summed E-state index contributed by atoms with van der Waals surface area (Å²) < 4.78 is 5.43. The minimum atomic E-state index is 0.279. The number of hydrogen-bond donors (Lipinski definition) is 1. The largest absolute Gasteiger partial charge is 0.375 e. The second-order valence-corrected chi connectivity index (χ2v) is 3.85. The summed E-state index contributed by atoms with van der Waals surface area (Å²) in [6.45, 7) is 4.59. The number of rotatable bonds is 1. The van der Waals surface area contributed by atoms with Crippen molar-refractivity contribution in [3.63, 3.8) is 0 Å². The maximum atomic E-state index is 5.87. The maximum Gasteiger partial charge on any atom is 0.191 e. The van der Waals surface area contributed by atoms with Crippen molar-refractivity contribution in [1.29, 1.82) is 0 Å². The Bertz CT molecular complexity index is 213. The summed E-state index contributed by atoms with van der Waals surface area (Å²) in [6, 6.07) is 0.512. The minimum Gasteiger partial charge on any atom is -0.375 e. The normalized spacial score (nSPS) is 30.7. The first-order valence-corrected chi connectivity index (χ1v) is 4.95. The van der Waals surface area contributed by atoms with Gasteiger partial charge in [0.15, 0.2) is 5.96 Å². The standard InChI is InChI=1S/C9H17N3O/c1-7-6-12(4-5-13-7)9(10)11-8-2-3-8/h7-8H,2-6H2,1H3,(H2,10,11). The average molecular weight is 183 g/mol. The molecule has 0 aromatic heterocycles. The van der Waals surface area contributed by atoms with Gasteiger partial charge in [0.2, 0.25) is 0 Å². The molecule has 1 saturated heterocycles. The van der Waals surface area contributed by atoms with Gasteiger partial charge in [0.25, 0.3) is 0 Å². The molecule has 13 heavy (non-hydrogen) atoms. The van der Waals surface area contributed by atoms with Crippen molar-refractivity contribution in [1.82, 2.24) is 4.90 Å². The minimum absolute atomic E-state index is 0.279. The molecule has 1 unspecified atom stereocenters. The third-order valence-corrected chi connectivity index (χ3v) is 2.43. The van der Waals surface area contributed by atoms with Crippen LogP contribution >= 0.6 is 0 Å². The number of hydrogen-bond acceptors (Lipinski definition) is 2. The molecule has 2 rings (SSSR count). The van der Waals surface area contributed by atoms with Crippen LogP contribution in [0.5, 0.6) is 0 Å². The zero-order chi connectivity index (χ0) is 9.26. The summed E-state index contributed by atoms with van der Waals surface area (Å²) in [5, 5.41) is 0. The van der Waals surface area contributed by atoms with Gasteiger partial charge in [-0.05, 0) is 19.8 Å². The molecule has 1 aliphatic carbocycles. The SMILES string of the molecule is CC1CN(C(N)=NC2CC2)CCO1. The van der Waals surface area contributed by atoms with Crippen LogP contribution in [0.25, 0.3) is 0 Å². The third kappa shape index (κ3) is 2.34. The summed E-state index contributed by atoms with van der Waals surface area (Å²) in [5.41, 5.74) is 5.87. The summed E-state index contributed by atoms with van der Waals surface area (Å²) in [4.78, 5) is 6.53. The molecular weight excluding hydrogens is 166 g/mol. The van der Waals surface area contributed by atoms with E-state index in [1.165, 1.54) is 12.8 Å². The molecule has 0 spiro atoms. The van der Waals surface area contributed by atoms with E-state index in [-0.39, 0.29) is 6.10 Å². The summed E-state index contributed by atoms with van der Waals surface area (Å²) in [7, 11) is 0. The van der Waals surface area contributed by atoms with E-state index in [2.05, 4.69) is 16.8 Å². The molecule has 4 nitrogen and oxygen atoms in total. The summed E-state index contributed by atoms with van der Waals surface area (Å²) in [6.07, 6.45) is 2.70. The van der Waals surface area contributed by atoms with Crippen molar-refractivity contribution in [2.75, 3.05) is 19.7 Å². The molecule has 74 valence electrons. The van der Waals surface area contributed by atoms with Gasteiger partial charge in [-0.2, -0.15) is 0 Å². The molecule has 1 aliphatic heterocycles. The number of aliphatic imine (C=N–C) groups is 1. The van der Waals surface area contributed by atoms with Crippen molar-refractivity contribution < 1.29 is 4.74 Å². The number of morpholine rings is 1. The monoisotopic (exact) mass is 183 g/mol. The Morgan fingerprint density at radius 1 is 1.54 bits per heavy atom. The van der Waals surface area contributed by atoms with Crippen LogP contribution in [-0.2, 0) is 4.74 Å². The fourth-order valence-corrected chi connectivity index (χ4v) is 1.50. The Kier molecular flexibility index (Phi) is 2.40. The Hall–Kier alpha value is -0.770. The van der Waals surface area contributed by atoms with Crippen LogP contribution in [0.1, 0.15) is 19.8 Å². The second kappa shape index (κ2) is 3.54. The van der Waals surface area contributed by atoms with Crippen LogP contribution in [0.15, 0.2) is 4.99 Å². The Morgan fingerprint density at radius 3 is 2.92 bits per heavy atom. The van der Waals surface area contributed by atoms with Gasteiger partial charge in [-0.25, -0.2) is 4.99 Å². The van der Waals surface area contributed by atoms with Gasteiger partial charge in [0, 0.05) is 13.1 Å². The molecule has 0 amide bonds. The Morgan fingerprint density at radius 2 is 2.31 bits per heavy atom. The quantitative estimate of drug-likeness (QED) is 0.466. The van der Waals surface area contributed by atoms with E-state index in [9.17, 15) is 0 Å². The number of ether oxygens (including phenoxy) is 1. The molecular formula is C9H17N3O. The highest BCUT2D eigenvalue weighted by atomic mass is 16.5. The number of nitrogens with two attached hydrogens (primary N) is 1. The van der Waals surface area contributed by atoms with Gasteiger partial charge in [0.1, 0.15) is 0 Å². The fourth-order valence-electron chi connectivity index (χ4n) is 1.50. The van der Waals surface area contributed by atoms with Gasteiger partial charge in [-0.15, -0.1) is 0 Å². The first kappa shape index (κ1) is 8.81. The topological polar surface area (TPSA) is 50.8 Å². The zero-order valence-corrected chi connectivity index (χ0v) is 8.07. The Balaban J connectivity index is 1.90. The van der Waals surface area contributed by atoms with E-state index in [0.717, 1.165) is 19.7 Å². The maximum absolute atomic E-state index is 5.87. The highest BCUT2D eigenvalue weighted by Gasteiger charge is 2.23. The zero-order valence-electron chi connectivity index (χ0n) is 8.07. The highest BCUT2D eigenvalue weighted by Crippen LogP contribution is 2.23. The summed E-state index contributed by atoms with van der Waals surface area (Å²) >= 11 is 0. The lowest BCUT2D eigenvalue weighted by Gasteiger charge is -2.31. The van der Waals surface area contributed by atoms with Crippen LogP contribution in [-0.4, -0.2) is 42.7 Å². The lowest BCUT2D eigenvalue weighted by Crippen LogP contribution is -2.48. The second-order valence-electron chi connectivity index (χ2n) is 3.85. The molecule has 0 aromatic carbocycles. The van der Waals surface area contributed by atoms with Crippen molar-refractivity contribution in [2.45, 2.75) is 31.9 Å². The predicted molar refractivity (Wildman–Crippen MR) is 51.6 cm³/mol.